The second-order valence-corrected chi connectivity index (χ2v) is 5.59. The van der Waals surface area contributed by atoms with E-state index in [1.54, 1.807) is 4.68 Å². The maximum absolute atomic E-state index is 11.0. The van der Waals surface area contributed by atoms with Crippen LogP contribution in [0.15, 0.2) is 12.7 Å². The Hall–Kier alpha value is -2.42. The van der Waals surface area contributed by atoms with Gasteiger partial charge in [0.25, 0.3) is 0 Å². The Bertz CT molecular complexity index is 717. The van der Waals surface area contributed by atoms with Crippen LogP contribution in [0.4, 0.5) is 0 Å². The van der Waals surface area contributed by atoms with Gasteiger partial charge in [-0.05, 0) is 6.92 Å². The second-order valence-electron chi connectivity index (χ2n) is 5.23. The zero-order chi connectivity index (χ0) is 17.7. The van der Waals surface area contributed by atoms with Crippen LogP contribution in [0.2, 0.25) is 5.15 Å². The number of hydrogen-bond donors (Lipinski definition) is 1. The van der Waals surface area contributed by atoms with Crippen molar-refractivity contribution in [1.82, 2.24) is 19.6 Å². The molecule has 0 aromatic carbocycles. The molecule has 1 unspecified atom stereocenters. The molecule has 1 N–H and O–H groups in total. The highest BCUT2D eigenvalue weighted by atomic mass is 35.5. The first-order valence-corrected chi connectivity index (χ1v) is 7.63. The Balaban J connectivity index is 2.12. The lowest BCUT2D eigenvalue weighted by molar-refractivity contribution is -0.146. The van der Waals surface area contributed by atoms with Gasteiger partial charge in [-0.2, -0.15) is 0 Å². The fourth-order valence-corrected chi connectivity index (χ4v) is 2.19. The summed E-state index contributed by atoms with van der Waals surface area (Å²) in [6.45, 7) is 4.73. The summed E-state index contributed by atoms with van der Waals surface area (Å²) in [6.07, 6.45) is 2.86. The summed E-state index contributed by atoms with van der Waals surface area (Å²) in [6, 6.07) is -0.213. The van der Waals surface area contributed by atoms with Crippen LogP contribution in [-0.2, 0) is 19.1 Å². The van der Waals surface area contributed by atoms with Crippen molar-refractivity contribution >= 4 is 34.7 Å². The van der Waals surface area contributed by atoms with Crippen LogP contribution in [0.1, 0.15) is 20.8 Å². The monoisotopic (exact) mass is 355 g/mol. The average molecular weight is 356 g/mol. The van der Waals surface area contributed by atoms with Gasteiger partial charge in [0.05, 0.1) is 13.2 Å². The van der Waals surface area contributed by atoms with E-state index in [0.29, 0.717) is 11.2 Å². The lowest BCUT2D eigenvalue weighted by Crippen LogP contribution is -2.37. The smallest absolute Gasteiger partial charge is 0.302 e. The van der Waals surface area contributed by atoms with E-state index in [1.807, 2.05) is 6.92 Å². The largest absolute Gasteiger partial charge is 0.465 e. The Morgan fingerprint density at radius 2 is 1.83 bits per heavy atom. The number of ether oxygens (including phenoxy) is 2. The lowest BCUT2D eigenvalue weighted by Gasteiger charge is -2.25. The highest BCUT2D eigenvalue weighted by Crippen LogP contribution is 2.17. The molecule has 0 aliphatic rings. The van der Waals surface area contributed by atoms with Crippen LogP contribution in [-0.4, -0.2) is 50.8 Å². The maximum Gasteiger partial charge on any atom is 0.302 e. The van der Waals surface area contributed by atoms with E-state index in [0.717, 1.165) is 0 Å². The molecule has 24 heavy (non-hydrogen) atoms. The Morgan fingerprint density at radius 3 is 2.42 bits per heavy atom. The van der Waals surface area contributed by atoms with E-state index < -0.39 is 11.9 Å². The van der Waals surface area contributed by atoms with Gasteiger partial charge >= 0.3 is 11.9 Å². The van der Waals surface area contributed by atoms with Crippen LogP contribution in [0.25, 0.3) is 11.2 Å². The molecule has 1 atom stereocenters. The summed E-state index contributed by atoms with van der Waals surface area (Å²) in [5.41, 5.74) is 4.14. The normalized spacial score (nSPS) is 12.2. The van der Waals surface area contributed by atoms with Gasteiger partial charge in [-0.25, -0.2) is 19.6 Å². The van der Waals surface area contributed by atoms with Crippen molar-refractivity contribution in [3.05, 3.63) is 17.8 Å². The molecule has 0 saturated carbocycles. The van der Waals surface area contributed by atoms with Crippen LogP contribution in [0, 0.1) is 5.92 Å². The summed E-state index contributed by atoms with van der Waals surface area (Å²) in [5, 5.41) is 0.254. The molecule has 2 heterocycles. The standard InChI is InChI=1S/C14H18ClN5O4/c1-8(11(4-23-9(2)21)5-24-10(3)22)19-20-7-18-12-13(15)16-6-17-14(12)20/h6-8,11,19H,4-5H2,1-3H3. The zero-order valence-corrected chi connectivity index (χ0v) is 14.3. The molecule has 2 aromatic rings. The predicted molar refractivity (Wildman–Crippen MR) is 85.9 cm³/mol. The predicted octanol–water partition coefficient (Wildman–Crippen LogP) is 1.15. The fraction of sp³-hybridized carbons (Fsp3) is 0.500. The zero-order valence-electron chi connectivity index (χ0n) is 13.5. The van der Waals surface area contributed by atoms with Crippen LogP contribution in [0.3, 0.4) is 0 Å². The van der Waals surface area contributed by atoms with E-state index in [2.05, 4.69) is 20.4 Å². The molecule has 130 valence electrons. The van der Waals surface area contributed by atoms with Crippen LogP contribution in [0.5, 0.6) is 0 Å². The third-order valence-electron chi connectivity index (χ3n) is 3.34. The molecule has 2 rings (SSSR count). The molecule has 0 aliphatic carbocycles. The number of rotatable bonds is 7. The first-order chi connectivity index (χ1) is 11.4. The minimum atomic E-state index is -0.400. The van der Waals surface area contributed by atoms with Crippen LogP contribution < -0.4 is 5.43 Å². The SMILES string of the molecule is CC(=O)OCC(COC(C)=O)C(C)Nn1cnc2c(Cl)ncnc21. The van der Waals surface area contributed by atoms with Crippen molar-refractivity contribution in [2.24, 2.45) is 5.92 Å². The first-order valence-electron chi connectivity index (χ1n) is 7.25. The fourth-order valence-electron chi connectivity index (χ4n) is 2.01. The molecule has 9 nitrogen and oxygen atoms in total. The average Bonchev–Trinajstić information content (AvgIpc) is 2.91. The number of fused-ring (bicyclic) bond motifs is 1. The van der Waals surface area contributed by atoms with E-state index in [-0.39, 0.29) is 30.3 Å². The van der Waals surface area contributed by atoms with Gasteiger partial charge in [0.1, 0.15) is 18.2 Å². The summed E-state index contributed by atoms with van der Waals surface area (Å²) in [4.78, 5) is 34.2. The number of aromatic nitrogens is 4. The summed E-state index contributed by atoms with van der Waals surface area (Å²) in [5.74, 6) is -1.06. The Labute approximate surface area is 143 Å². The number of hydrogen-bond acceptors (Lipinski definition) is 8. The van der Waals surface area contributed by atoms with E-state index in [1.165, 1.54) is 26.5 Å². The highest BCUT2D eigenvalue weighted by Gasteiger charge is 2.21. The Morgan fingerprint density at radius 1 is 1.21 bits per heavy atom. The third kappa shape index (κ3) is 4.54. The number of carbonyl (C=O) groups excluding carboxylic acids is 2. The molecule has 0 bridgehead atoms. The van der Waals surface area contributed by atoms with Gasteiger partial charge in [0, 0.05) is 25.8 Å². The molecule has 10 heteroatoms. The number of nitrogens with zero attached hydrogens (tertiary/aromatic N) is 4. The molecule has 0 spiro atoms. The van der Waals surface area contributed by atoms with Gasteiger partial charge in [-0.3, -0.25) is 9.59 Å². The van der Waals surface area contributed by atoms with Gasteiger partial charge in [0.15, 0.2) is 10.8 Å². The van der Waals surface area contributed by atoms with Crippen molar-refractivity contribution in [3.8, 4) is 0 Å². The topological polar surface area (TPSA) is 108 Å². The number of halogens is 1. The molecule has 0 fully saturated rings. The van der Waals surface area contributed by atoms with Crippen molar-refractivity contribution in [2.75, 3.05) is 18.6 Å². The number of imidazole rings is 1. The molecule has 0 saturated heterocycles. The maximum atomic E-state index is 11.0. The van der Waals surface area contributed by atoms with Gasteiger partial charge in [-0.15, -0.1) is 0 Å². The number of carbonyl (C=O) groups is 2. The molecule has 0 radical (unpaired) electrons. The number of nitrogens with one attached hydrogen (secondary N) is 1. The quantitative estimate of drug-likeness (QED) is 0.582. The minimum Gasteiger partial charge on any atom is -0.465 e. The molecule has 0 aliphatic heterocycles. The summed E-state index contributed by atoms with van der Waals surface area (Å²) >= 11 is 5.97. The van der Waals surface area contributed by atoms with E-state index >= 15 is 0 Å². The van der Waals surface area contributed by atoms with Crippen LogP contribution >= 0.6 is 11.6 Å². The first kappa shape index (κ1) is 17.9. The van der Waals surface area contributed by atoms with Gasteiger partial charge in [0.2, 0.25) is 0 Å². The van der Waals surface area contributed by atoms with Crippen molar-refractivity contribution in [1.29, 1.82) is 0 Å². The second kappa shape index (κ2) is 7.91. The molecular formula is C14H18ClN5O4. The Kier molecular flexibility index (Phi) is 5.91. The van der Waals surface area contributed by atoms with Gasteiger partial charge < -0.3 is 14.9 Å². The summed E-state index contributed by atoms with van der Waals surface area (Å²) in [7, 11) is 0. The summed E-state index contributed by atoms with van der Waals surface area (Å²) < 4.78 is 11.7. The van der Waals surface area contributed by atoms with Crippen molar-refractivity contribution in [2.45, 2.75) is 26.8 Å². The minimum absolute atomic E-state index is 0.110. The highest BCUT2D eigenvalue weighted by molar-refractivity contribution is 6.33. The van der Waals surface area contributed by atoms with E-state index in [4.69, 9.17) is 21.1 Å². The van der Waals surface area contributed by atoms with Crippen molar-refractivity contribution < 1.29 is 19.1 Å². The molecule has 0 amide bonds. The molecule has 2 aromatic heterocycles. The lowest BCUT2D eigenvalue weighted by atomic mass is 10.0. The number of esters is 2. The van der Waals surface area contributed by atoms with Gasteiger partial charge in [-0.1, -0.05) is 11.6 Å². The van der Waals surface area contributed by atoms with E-state index in [9.17, 15) is 9.59 Å². The molecular weight excluding hydrogens is 338 g/mol. The third-order valence-corrected chi connectivity index (χ3v) is 3.62. The van der Waals surface area contributed by atoms with Crippen molar-refractivity contribution in [3.63, 3.8) is 0 Å².